The zero-order valence-electron chi connectivity index (χ0n) is 12.9. The van der Waals surface area contributed by atoms with Gasteiger partial charge in [-0.2, -0.15) is 13.2 Å². The highest BCUT2D eigenvalue weighted by Crippen LogP contribution is 2.24. The van der Waals surface area contributed by atoms with E-state index in [1.54, 1.807) is 0 Å². The van der Waals surface area contributed by atoms with Gasteiger partial charge >= 0.3 is 6.18 Å². The predicted molar refractivity (Wildman–Crippen MR) is 73.8 cm³/mol. The highest BCUT2D eigenvalue weighted by molar-refractivity contribution is 4.95. The number of rotatable bonds is 6. The van der Waals surface area contributed by atoms with Gasteiger partial charge in [-0.25, -0.2) is 0 Å². The standard InChI is InChI=1S/C14H27F3N2O/c1-5-13(4)9-18-12(11(2)3)8-19(13)6-7-20-10-14(15,16)17/h11-12,18H,5-10H2,1-4H3. The highest BCUT2D eigenvalue weighted by atomic mass is 19.4. The molecule has 0 amide bonds. The lowest BCUT2D eigenvalue weighted by Gasteiger charge is -2.49. The van der Waals surface area contributed by atoms with Crippen molar-refractivity contribution in [1.82, 2.24) is 10.2 Å². The molecular weight excluding hydrogens is 269 g/mol. The molecule has 120 valence electrons. The fourth-order valence-electron chi connectivity index (χ4n) is 2.50. The van der Waals surface area contributed by atoms with Crippen LogP contribution in [0.25, 0.3) is 0 Å². The molecule has 0 aromatic carbocycles. The third kappa shape index (κ3) is 5.22. The van der Waals surface area contributed by atoms with Crippen molar-refractivity contribution < 1.29 is 17.9 Å². The summed E-state index contributed by atoms with van der Waals surface area (Å²) >= 11 is 0. The van der Waals surface area contributed by atoms with E-state index in [1.165, 1.54) is 0 Å². The number of halogens is 3. The molecule has 0 spiro atoms. The van der Waals surface area contributed by atoms with E-state index in [4.69, 9.17) is 4.74 Å². The van der Waals surface area contributed by atoms with E-state index in [1.807, 2.05) is 0 Å². The van der Waals surface area contributed by atoms with Gasteiger partial charge in [0.25, 0.3) is 0 Å². The first-order valence-corrected chi connectivity index (χ1v) is 7.31. The van der Waals surface area contributed by atoms with E-state index in [0.717, 1.165) is 19.5 Å². The second kappa shape index (κ2) is 7.09. The second-order valence-electron chi connectivity index (χ2n) is 6.20. The SMILES string of the molecule is CCC1(C)CNC(C(C)C)CN1CCOCC(F)(F)F. The topological polar surface area (TPSA) is 24.5 Å². The Morgan fingerprint density at radius 3 is 2.55 bits per heavy atom. The van der Waals surface area contributed by atoms with Crippen LogP contribution in [0.1, 0.15) is 34.1 Å². The molecule has 0 aliphatic carbocycles. The quantitative estimate of drug-likeness (QED) is 0.763. The summed E-state index contributed by atoms with van der Waals surface area (Å²) in [7, 11) is 0. The second-order valence-corrected chi connectivity index (χ2v) is 6.20. The van der Waals surface area contributed by atoms with Gasteiger partial charge in [0.1, 0.15) is 6.61 Å². The molecule has 0 aromatic heterocycles. The minimum Gasteiger partial charge on any atom is -0.371 e. The summed E-state index contributed by atoms with van der Waals surface area (Å²) in [5.74, 6) is 0.509. The van der Waals surface area contributed by atoms with Gasteiger partial charge in [-0.05, 0) is 19.3 Å². The Morgan fingerprint density at radius 2 is 2.05 bits per heavy atom. The van der Waals surface area contributed by atoms with Gasteiger partial charge in [0.2, 0.25) is 0 Å². The zero-order chi connectivity index (χ0) is 15.4. The van der Waals surface area contributed by atoms with Crippen LogP contribution >= 0.6 is 0 Å². The van der Waals surface area contributed by atoms with Gasteiger partial charge in [0, 0.05) is 31.2 Å². The molecule has 1 aliphatic rings. The largest absolute Gasteiger partial charge is 0.411 e. The van der Waals surface area contributed by atoms with Crippen molar-refractivity contribution in [3.05, 3.63) is 0 Å². The van der Waals surface area contributed by atoms with Gasteiger partial charge < -0.3 is 10.1 Å². The summed E-state index contributed by atoms with van der Waals surface area (Å²) in [4.78, 5) is 2.27. The number of piperazine rings is 1. The number of hydrogen-bond acceptors (Lipinski definition) is 3. The molecule has 3 nitrogen and oxygen atoms in total. The lowest BCUT2D eigenvalue weighted by atomic mass is 9.89. The summed E-state index contributed by atoms with van der Waals surface area (Å²) in [6.45, 7) is 9.82. The van der Waals surface area contributed by atoms with Crippen molar-refractivity contribution in [1.29, 1.82) is 0 Å². The van der Waals surface area contributed by atoms with Crippen LogP contribution in [0.2, 0.25) is 0 Å². The molecule has 0 bridgehead atoms. The fourth-order valence-corrected chi connectivity index (χ4v) is 2.50. The summed E-state index contributed by atoms with van der Waals surface area (Å²) in [5, 5.41) is 3.54. The Hall–Kier alpha value is -0.330. The monoisotopic (exact) mass is 296 g/mol. The molecule has 1 rings (SSSR count). The van der Waals surface area contributed by atoms with Crippen LogP contribution < -0.4 is 5.32 Å². The average molecular weight is 296 g/mol. The van der Waals surface area contributed by atoms with E-state index in [2.05, 4.69) is 37.9 Å². The van der Waals surface area contributed by atoms with Crippen molar-refractivity contribution in [3.8, 4) is 0 Å². The number of nitrogens with zero attached hydrogens (tertiary/aromatic N) is 1. The smallest absolute Gasteiger partial charge is 0.371 e. The maximum atomic E-state index is 12.1. The lowest BCUT2D eigenvalue weighted by Crippen LogP contribution is -2.64. The number of nitrogens with one attached hydrogen (secondary N) is 1. The number of alkyl halides is 3. The molecule has 2 unspecified atom stereocenters. The first kappa shape index (κ1) is 17.7. The molecule has 0 radical (unpaired) electrons. The van der Waals surface area contributed by atoms with Crippen LogP contribution in [-0.2, 0) is 4.74 Å². The van der Waals surface area contributed by atoms with Gasteiger partial charge in [-0.1, -0.05) is 20.8 Å². The molecule has 20 heavy (non-hydrogen) atoms. The van der Waals surface area contributed by atoms with Crippen LogP contribution in [0.5, 0.6) is 0 Å². The molecule has 1 saturated heterocycles. The van der Waals surface area contributed by atoms with Crippen LogP contribution in [0.4, 0.5) is 13.2 Å². The average Bonchev–Trinajstić information content (AvgIpc) is 2.35. The molecule has 0 aromatic rings. The van der Waals surface area contributed by atoms with Crippen molar-refractivity contribution in [2.75, 3.05) is 32.8 Å². The normalized spacial score (nSPS) is 29.1. The molecule has 1 N–H and O–H groups in total. The van der Waals surface area contributed by atoms with Gasteiger partial charge in [-0.15, -0.1) is 0 Å². The number of ether oxygens (including phenoxy) is 1. The van der Waals surface area contributed by atoms with Crippen LogP contribution in [0.3, 0.4) is 0 Å². The van der Waals surface area contributed by atoms with Gasteiger partial charge in [-0.3, -0.25) is 4.90 Å². The highest BCUT2D eigenvalue weighted by Gasteiger charge is 2.37. The molecule has 1 aliphatic heterocycles. The third-order valence-electron chi connectivity index (χ3n) is 4.26. The van der Waals surface area contributed by atoms with E-state index >= 15 is 0 Å². The zero-order valence-corrected chi connectivity index (χ0v) is 12.9. The summed E-state index contributed by atoms with van der Waals surface area (Å²) < 4.78 is 40.9. The molecule has 0 saturated carbocycles. The Morgan fingerprint density at radius 1 is 1.40 bits per heavy atom. The Labute approximate surface area is 119 Å². The summed E-state index contributed by atoms with van der Waals surface area (Å²) in [6.07, 6.45) is -3.28. The maximum Gasteiger partial charge on any atom is 0.411 e. The van der Waals surface area contributed by atoms with Crippen LogP contribution in [-0.4, -0.2) is 55.5 Å². The summed E-state index contributed by atoms with van der Waals surface area (Å²) in [5.41, 5.74) is -0.00696. The van der Waals surface area contributed by atoms with E-state index in [9.17, 15) is 13.2 Å². The van der Waals surface area contributed by atoms with E-state index < -0.39 is 12.8 Å². The molecule has 1 heterocycles. The lowest BCUT2D eigenvalue weighted by molar-refractivity contribution is -0.175. The Bertz CT molecular complexity index is 297. The van der Waals surface area contributed by atoms with Crippen LogP contribution in [0.15, 0.2) is 0 Å². The van der Waals surface area contributed by atoms with E-state index in [-0.39, 0.29) is 12.1 Å². The van der Waals surface area contributed by atoms with Crippen molar-refractivity contribution >= 4 is 0 Å². The predicted octanol–water partition coefficient (Wildman–Crippen LogP) is 2.66. The molecule has 1 fully saturated rings. The molecule has 6 heteroatoms. The first-order chi connectivity index (χ1) is 9.18. The first-order valence-electron chi connectivity index (χ1n) is 7.31. The van der Waals surface area contributed by atoms with Gasteiger partial charge in [0.15, 0.2) is 0 Å². The van der Waals surface area contributed by atoms with Crippen molar-refractivity contribution in [3.63, 3.8) is 0 Å². The van der Waals surface area contributed by atoms with Crippen LogP contribution in [0, 0.1) is 5.92 Å². The minimum atomic E-state index is -4.24. The fraction of sp³-hybridized carbons (Fsp3) is 1.00. The third-order valence-corrected chi connectivity index (χ3v) is 4.26. The Kier molecular flexibility index (Phi) is 6.28. The minimum absolute atomic E-state index is 0.00696. The summed E-state index contributed by atoms with van der Waals surface area (Å²) in [6, 6.07) is 0.386. The van der Waals surface area contributed by atoms with Crippen molar-refractivity contribution in [2.45, 2.75) is 51.9 Å². The van der Waals surface area contributed by atoms with Gasteiger partial charge in [0.05, 0.1) is 6.61 Å². The number of hydrogen-bond donors (Lipinski definition) is 1. The maximum absolute atomic E-state index is 12.1. The Balaban J connectivity index is 2.49. The van der Waals surface area contributed by atoms with E-state index in [0.29, 0.717) is 18.5 Å². The molecule has 2 atom stereocenters. The van der Waals surface area contributed by atoms with Crippen molar-refractivity contribution in [2.24, 2.45) is 5.92 Å². The molecular formula is C14H27F3N2O.